The second-order valence-electron chi connectivity index (χ2n) is 4.39. The maximum Gasteiger partial charge on any atom is 0.224 e. The van der Waals surface area contributed by atoms with Crippen LogP contribution in [0.2, 0.25) is 0 Å². The van der Waals surface area contributed by atoms with Gasteiger partial charge < -0.3 is 16.0 Å². The van der Waals surface area contributed by atoms with Gasteiger partial charge in [-0.25, -0.2) is 0 Å². The van der Waals surface area contributed by atoms with Gasteiger partial charge in [0.1, 0.15) is 0 Å². The predicted molar refractivity (Wildman–Crippen MR) is 75.6 cm³/mol. The lowest BCUT2D eigenvalue weighted by atomic mass is 10.1. The highest BCUT2D eigenvalue weighted by atomic mass is 16.1. The Morgan fingerprint density at radius 2 is 2.06 bits per heavy atom. The zero-order valence-electron chi connectivity index (χ0n) is 11.2. The summed E-state index contributed by atoms with van der Waals surface area (Å²) in [6.07, 6.45) is 0.789. The van der Waals surface area contributed by atoms with E-state index < -0.39 is 0 Å². The first-order chi connectivity index (χ1) is 8.69. The zero-order chi connectivity index (χ0) is 13.4. The number of hydrogen-bond acceptors (Lipinski definition) is 3. The molecular formula is C14H23N3O. The Bertz CT molecular complexity index is 349. The summed E-state index contributed by atoms with van der Waals surface area (Å²) in [4.78, 5) is 13.8. The molecule has 1 rings (SSSR count). The molecule has 0 saturated heterocycles. The van der Waals surface area contributed by atoms with E-state index in [-0.39, 0.29) is 11.8 Å². The highest BCUT2D eigenvalue weighted by Gasteiger charge is 2.13. The van der Waals surface area contributed by atoms with Gasteiger partial charge in [0.2, 0.25) is 5.91 Å². The second-order valence-corrected chi connectivity index (χ2v) is 4.39. The minimum Gasteiger partial charge on any atom is -0.373 e. The van der Waals surface area contributed by atoms with Gasteiger partial charge in [0, 0.05) is 38.3 Å². The number of rotatable bonds is 7. The summed E-state index contributed by atoms with van der Waals surface area (Å²) in [7, 11) is 2.02. The van der Waals surface area contributed by atoms with Crippen molar-refractivity contribution in [3.05, 3.63) is 30.3 Å². The van der Waals surface area contributed by atoms with Crippen LogP contribution in [0.4, 0.5) is 5.69 Å². The average Bonchev–Trinajstić information content (AvgIpc) is 2.41. The van der Waals surface area contributed by atoms with Crippen molar-refractivity contribution in [2.24, 2.45) is 11.7 Å². The quantitative estimate of drug-likeness (QED) is 0.764. The van der Waals surface area contributed by atoms with Crippen molar-refractivity contribution >= 4 is 11.6 Å². The van der Waals surface area contributed by atoms with Crippen LogP contribution in [0.3, 0.4) is 0 Å². The van der Waals surface area contributed by atoms with Crippen LogP contribution >= 0.6 is 0 Å². The van der Waals surface area contributed by atoms with Crippen LogP contribution in [-0.2, 0) is 4.79 Å². The van der Waals surface area contributed by atoms with Crippen LogP contribution in [0.5, 0.6) is 0 Å². The Labute approximate surface area is 109 Å². The molecule has 1 amide bonds. The summed E-state index contributed by atoms with van der Waals surface area (Å²) in [5.74, 6) is -0.00602. The Balaban J connectivity index is 2.32. The Morgan fingerprint density at radius 1 is 1.39 bits per heavy atom. The van der Waals surface area contributed by atoms with Gasteiger partial charge >= 0.3 is 0 Å². The highest BCUT2D eigenvalue weighted by Crippen LogP contribution is 2.09. The maximum absolute atomic E-state index is 11.7. The molecule has 100 valence electrons. The summed E-state index contributed by atoms with van der Waals surface area (Å²) in [6.45, 7) is 3.82. The molecule has 0 fully saturated rings. The number of benzene rings is 1. The number of para-hydroxylation sites is 1. The predicted octanol–water partition coefficient (Wildman–Crippen LogP) is 1.22. The average molecular weight is 249 g/mol. The van der Waals surface area contributed by atoms with Gasteiger partial charge in [0.25, 0.3) is 0 Å². The third-order valence-electron chi connectivity index (χ3n) is 3.09. The molecule has 0 heterocycles. The Hall–Kier alpha value is -1.55. The van der Waals surface area contributed by atoms with Crippen molar-refractivity contribution in [2.45, 2.75) is 13.3 Å². The van der Waals surface area contributed by atoms with Gasteiger partial charge in [-0.05, 0) is 18.6 Å². The molecule has 0 aliphatic heterocycles. The van der Waals surface area contributed by atoms with Gasteiger partial charge in [-0.2, -0.15) is 0 Å². The van der Waals surface area contributed by atoms with Crippen molar-refractivity contribution in [3.63, 3.8) is 0 Å². The fourth-order valence-electron chi connectivity index (χ4n) is 1.76. The number of carbonyl (C=O) groups excluding carboxylic acids is 1. The summed E-state index contributed by atoms with van der Waals surface area (Å²) in [6, 6.07) is 10.1. The maximum atomic E-state index is 11.7. The van der Waals surface area contributed by atoms with Crippen LogP contribution in [0.1, 0.15) is 13.3 Å². The molecule has 4 nitrogen and oxygen atoms in total. The largest absolute Gasteiger partial charge is 0.373 e. The molecule has 1 atom stereocenters. The molecule has 0 radical (unpaired) electrons. The van der Waals surface area contributed by atoms with E-state index in [4.69, 9.17) is 5.73 Å². The third kappa shape index (κ3) is 4.37. The van der Waals surface area contributed by atoms with Crippen LogP contribution in [0, 0.1) is 5.92 Å². The van der Waals surface area contributed by atoms with Crippen molar-refractivity contribution in [1.82, 2.24) is 5.32 Å². The molecule has 0 spiro atoms. The minimum absolute atomic E-state index is 0.0569. The number of carbonyl (C=O) groups is 1. The lowest BCUT2D eigenvalue weighted by Gasteiger charge is -2.20. The molecule has 1 aromatic carbocycles. The number of nitrogens with one attached hydrogen (secondary N) is 1. The van der Waals surface area contributed by atoms with E-state index in [9.17, 15) is 4.79 Å². The fourth-order valence-corrected chi connectivity index (χ4v) is 1.76. The molecule has 0 bridgehead atoms. The van der Waals surface area contributed by atoms with Crippen LogP contribution in [0.25, 0.3) is 0 Å². The van der Waals surface area contributed by atoms with E-state index in [1.165, 1.54) is 0 Å². The monoisotopic (exact) mass is 249 g/mol. The van der Waals surface area contributed by atoms with E-state index in [1.54, 1.807) is 0 Å². The standard InChI is InChI=1S/C14H23N3O/c1-3-12(11-15)14(18)16-9-10-17(2)13-7-5-4-6-8-13/h4-8,12H,3,9-11,15H2,1-2H3,(H,16,18). The molecule has 1 unspecified atom stereocenters. The number of anilines is 1. The van der Waals surface area contributed by atoms with Gasteiger partial charge in [0.15, 0.2) is 0 Å². The SMILES string of the molecule is CCC(CN)C(=O)NCCN(C)c1ccccc1. The summed E-state index contributed by atoms with van der Waals surface area (Å²) < 4.78 is 0. The molecule has 18 heavy (non-hydrogen) atoms. The van der Waals surface area contributed by atoms with E-state index in [0.717, 1.165) is 18.7 Å². The number of nitrogens with zero attached hydrogens (tertiary/aromatic N) is 1. The van der Waals surface area contributed by atoms with Crippen molar-refractivity contribution in [1.29, 1.82) is 0 Å². The smallest absolute Gasteiger partial charge is 0.224 e. The van der Waals surface area contributed by atoms with Gasteiger partial charge in [-0.3, -0.25) is 4.79 Å². The number of likely N-dealkylation sites (N-methyl/N-ethyl adjacent to an activating group) is 1. The van der Waals surface area contributed by atoms with Crippen molar-refractivity contribution < 1.29 is 4.79 Å². The molecule has 3 N–H and O–H groups in total. The van der Waals surface area contributed by atoms with E-state index in [2.05, 4.69) is 22.3 Å². The first-order valence-corrected chi connectivity index (χ1v) is 6.43. The van der Waals surface area contributed by atoms with Crippen LogP contribution in [-0.4, -0.2) is 32.6 Å². The molecule has 0 saturated carbocycles. The lowest BCUT2D eigenvalue weighted by molar-refractivity contribution is -0.124. The normalized spacial score (nSPS) is 11.9. The van der Waals surface area contributed by atoms with Gasteiger partial charge in [0.05, 0.1) is 0 Å². The third-order valence-corrected chi connectivity index (χ3v) is 3.09. The first kappa shape index (κ1) is 14.5. The summed E-state index contributed by atoms with van der Waals surface area (Å²) >= 11 is 0. The van der Waals surface area contributed by atoms with Crippen LogP contribution in [0.15, 0.2) is 30.3 Å². The molecule has 0 aromatic heterocycles. The first-order valence-electron chi connectivity index (χ1n) is 6.43. The molecule has 1 aromatic rings. The summed E-state index contributed by atoms with van der Waals surface area (Å²) in [5.41, 5.74) is 6.69. The van der Waals surface area contributed by atoms with E-state index in [1.807, 2.05) is 32.2 Å². The molecule has 0 aliphatic carbocycles. The lowest BCUT2D eigenvalue weighted by Crippen LogP contribution is -2.38. The highest BCUT2D eigenvalue weighted by molar-refractivity contribution is 5.78. The fraction of sp³-hybridized carbons (Fsp3) is 0.500. The zero-order valence-corrected chi connectivity index (χ0v) is 11.2. The van der Waals surface area contributed by atoms with E-state index in [0.29, 0.717) is 13.1 Å². The molecule has 4 heteroatoms. The second kappa shape index (κ2) is 7.71. The topological polar surface area (TPSA) is 58.4 Å². The number of amides is 1. The van der Waals surface area contributed by atoms with Crippen molar-refractivity contribution in [3.8, 4) is 0 Å². The Morgan fingerprint density at radius 3 is 2.61 bits per heavy atom. The summed E-state index contributed by atoms with van der Waals surface area (Å²) in [5, 5.41) is 2.92. The number of hydrogen-bond donors (Lipinski definition) is 2. The van der Waals surface area contributed by atoms with Gasteiger partial charge in [-0.1, -0.05) is 25.1 Å². The molecular weight excluding hydrogens is 226 g/mol. The molecule has 0 aliphatic rings. The number of nitrogens with two attached hydrogens (primary N) is 1. The Kier molecular flexibility index (Phi) is 6.22. The van der Waals surface area contributed by atoms with Crippen LogP contribution < -0.4 is 16.0 Å². The van der Waals surface area contributed by atoms with Gasteiger partial charge in [-0.15, -0.1) is 0 Å². The van der Waals surface area contributed by atoms with Crippen molar-refractivity contribution in [2.75, 3.05) is 31.6 Å². The van der Waals surface area contributed by atoms with E-state index >= 15 is 0 Å². The minimum atomic E-state index is -0.0629.